The maximum atomic E-state index is 5.96. The predicted molar refractivity (Wildman–Crippen MR) is 66.9 cm³/mol. The Bertz CT molecular complexity index is 350. The van der Waals surface area contributed by atoms with E-state index in [2.05, 4.69) is 28.7 Å². The molecule has 1 aromatic heterocycles. The highest BCUT2D eigenvalue weighted by Crippen LogP contribution is 2.24. The van der Waals surface area contributed by atoms with Crippen molar-refractivity contribution in [1.29, 1.82) is 0 Å². The van der Waals surface area contributed by atoms with Crippen molar-refractivity contribution in [2.75, 3.05) is 18.0 Å². The molecule has 1 saturated heterocycles. The van der Waals surface area contributed by atoms with E-state index in [-0.39, 0.29) is 0 Å². The van der Waals surface area contributed by atoms with Crippen molar-refractivity contribution in [3.05, 3.63) is 16.9 Å². The van der Waals surface area contributed by atoms with Crippen LogP contribution in [0.15, 0.2) is 6.07 Å². The molecule has 0 amide bonds. The Kier molecular flexibility index (Phi) is 3.33. The number of aromatic nitrogens is 2. The minimum atomic E-state index is 0.536. The molecular formula is C12H18ClN3. The summed E-state index contributed by atoms with van der Waals surface area (Å²) in [5.74, 6) is 2.18. The Morgan fingerprint density at radius 2 is 1.88 bits per heavy atom. The van der Waals surface area contributed by atoms with E-state index in [1.54, 1.807) is 6.07 Å². The second kappa shape index (κ2) is 4.58. The number of hydrogen-bond donors (Lipinski definition) is 0. The second-order valence-corrected chi connectivity index (χ2v) is 5.37. The number of hydrogen-bond acceptors (Lipinski definition) is 3. The third kappa shape index (κ3) is 2.64. The van der Waals surface area contributed by atoms with Gasteiger partial charge in [-0.3, -0.25) is 0 Å². The van der Waals surface area contributed by atoms with Gasteiger partial charge in [0.1, 0.15) is 5.15 Å². The Morgan fingerprint density at radius 1 is 1.25 bits per heavy atom. The van der Waals surface area contributed by atoms with Crippen molar-refractivity contribution >= 4 is 17.5 Å². The van der Waals surface area contributed by atoms with E-state index in [0.717, 1.165) is 24.7 Å². The Balaban J connectivity index is 2.22. The molecule has 16 heavy (non-hydrogen) atoms. The first-order valence-corrected chi connectivity index (χ1v) is 6.18. The fourth-order valence-corrected chi connectivity index (χ4v) is 2.72. The summed E-state index contributed by atoms with van der Waals surface area (Å²) in [5.41, 5.74) is 0.931. The highest BCUT2D eigenvalue weighted by Gasteiger charge is 2.23. The van der Waals surface area contributed by atoms with Crippen molar-refractivity contribution in [2.45, 2.75) is 27.2 Å². The molecular weight excluding hydrogens is 222 g/mol. The molecule has 2 atom stereocenters. The fourth-order valence-electron chi connectivity index (χ4n) is 2.48. The number of rotatable bonds is 1. The van der Waals surface area contributed by atoms with Gasteiger partial charge in [-0.2, -0.15) is 0 Å². The number of piperidine rings is 1. The summed E-state index contributed by atoms with van der Waals surface area (Å²) in [6.07, 6.45) is 1.29. The number of anilines is 1. The number of halogens is 1. The fraction of sp³-hybridized carbons (Fsp3) is 0.667. The second-order valence-electron chi connectivity index (χ2n) is 4.98. The third-order valence-electron chi connectivity index (χ3n) is 2.96. The van der Waals surface area contributed by atoms with Crippen LogP contribution in [0.1, 0.15) is 26.0 Å². The predicted octanol–water partition coefficient (Wildman–Crippen LogP) is 2.92. The molecule has 1 fully saturated rings. The molecule has 0 bridgehead atoms. The topological polar surface area (TPSA) is 29.0 Å². The van der Waals surface area contributed by atoms with Gasteiger partial charge in [-0.1, -0.05) is 25.4 Å². The van der Waals surface area contributed by atoms with Crippen LogP contribution in [-0.4, -0.2) is 23.1 Å². The van der Waals surface area contributed by atoms with Gasteiger partial charge in [0.15, 0.2) is 0 Å². The molecule has 0 spiro atoms. The molecule has 0 aliphatic carbocycles. The zero-order valence-electron chi connectivity index (χ0n) is 10.1. The van der Waals surface area contributed by atoms with Crippen LogP contribution in [0.2, 0.25) is 5.15 Å². The first-order chi connectivity index (χ1) is 7.54. The summed E-state index contributed by atoms with van der Waals surface area (Å²) >= 11 is 5.96. The lowest BCUT2D eigenvalue weighted by Gasteiger charge is -2.35. The highest BCUT2D eigenvalue weighted by atomic mass is 35.5. The van der Waals surface area contributed by atoms with Gasteiger partial charge >= 0.3 is 0 Å². The molecule has 0 radical (unpaired) electrons. The lowest BCUT2D eigenvalue weighted by Crippen LogP contribution is -2.39. The van der Waals surface area contributed by atoms with E-state index in [4.69, 9.17) is 11.6 Å². The van der Waals surface area contributed by atoms with Gasteiger partial charge in [0.25, 0.3) is 0 Å². The van der Waals surface area contributed by atoms with Crippen LogP contribution in [0.4, 0.5) is 5.95 Å². The van der Waals surface area contributed by atoms with E-state index in [1.807, 2.05) is 6.92 Å². The van der Waals surface area contributed by atoms with Gasteiger partial charge in [-0.05, 0) is 31.2 Å². The molecule has 0 N–H and O–H groups in total. The van der Waals surface area contributed by atoms with Crippen LogP contribution in [0.25, 0.3) is 0 Å². The standard InChI is InChI=1S/C12H18ClN3/c1-8-4-9(2)7-16(6-8)12-14-10(3)5-11(13)15-12/h5,8-9H,4,6-7H2,1-3H3. The SMILES string of the molecule is Cc1cc(Cl)nc(N2CC(C)CC(C)C2)n1. The van der Waals surface area contributed by atoms with Crippen LogP contribution in [-0.2, 0) is 0 Å². The van der Waals surface area contributed by atoms with Crippen molar-refractivity contribution in [3.8, 4) is 0 Å². The average Bonchev–Trinajstić information content (AvgIpc) is 2.14. The third-order valence-corrected chi connectivity index (χ3v) is 3.16. The summed E-state index contributed by atoms with van der Waals surface area (Å²) in [7, 11) is 0. The van der Waals surface area contributed by atoms with E-state index in [1.165, 1.54) is 6.42 Å². The van der Waals surface area contributed by atoms with Crippen molar-refractivity contribution < 1.29 is 0 Å². The normalized spacial score (nSPS) is 25.9. The van der Waals surface area contributed by atoms with Gasteiger partial charge in [0.2, 0.25) is 5.95 Å². The smallest absolute Gasteiger partial charge is 0.226 e. The van der Waals surface area contributed by atoms with Crippen LogP contribution in [0.3, 0.4) is 0 Å². The van der Waals surface area contributed by atoms with E-state index in [0.29, 0.717) is 17.0 Å². The first-order valence-electron chi connectivity index (χ1n) is 5.80. The largest absolute Gasteiger partial charge is 0.340 e. The number of aryl methyl sites for hydroxylation is 1. The zero-order chi connectivity index (χ0) is 11.7. The molecule has 2 unspecified atom stereocenters. The molecule has 2 heterocycles. The minimum Gasteiger partial charge on any atom is -0.340 e. The van der Waals surface area contributed by atoms with Crippen molar-refractivity contribution in [1.82, 2.24) is 9.97 Å². The summed E-state index contributed by atoms with van der Waals surface area (Å²) in [6, 6.07) is 1.79. The lowest BCUT2D eigenvalue weighted by atomic mass is 9.92. The highest BCUT2D eigenvalue weighted by molar-refractivity contribution is 6.29. The quantitative estimate of drug-likeness (QED) is 0.706. The van der Waals surface area contributed by atoms with E-state index in [9.17, 15) is 0 Å². The van der Waals surface area contributed by atoms with Crippen molar-refractivity contribution in [2.24, 2.45) is 11.8 Å². The van der Waals surface area contributed by atoms with E-state index < -0.39 is 0 Å². The Hall–Kier alpha value is -0.830. The molecule has 0 saturated carbocycles. The molecule has 2 rings (SSSR count). The van der Waals surface area contributed by atoms with Gasteiger partial charge in [-0.25, -0.2) is 9.97 Å². The molecule has 3 nitrogen and oxygen atoms in total. The van der Waals surface area contributed by atoms with Crippen LogP contribution in [0, 0.1) is 18.8 Å². The summed E-state index contributed by atoms with van der Waals surface area (Å²) in [5, 5.41) is 0.536. The maximum absolute atomic E-state index is 5.96. The Morgan fingerprint density at radius 3 is 2.44 bits per heavy atom. The van der Waals surface area contributed by atoms with Gasteiger partial charge in [-0.15, -0.1) is 0 Å². The molecule has 1 aliphatic rings. The lowest BCUT2D eigenvalue weighted by molar-refractivity contribution is 0.353. The summed E-state index contributed by atoms with van der Waals surface area (Å²) < 4.78 is 0. The summed E-state index contributed by atoms with van der Waals surface area (Å²) in [6.45, 7) is 8.57. The van der Waals surface area contributed by atoms with Gasteiger partial charge in [0.05, 0.1) is 0 Å². The van der Waals surface area contributed by atoms with Crippen LogP contribution >= 0.6 is 11.6 Å². The van der Waals surface area contributed by atoms with Gasteiger partial charge < -0.3 is 4.90 Å². The van der Waals surface area contributed by atoms with Crippen molar-refractivity contribution in [3.63, 3.8) is 0 Å². The minimum absolute atomic E-state index is 0.536. The average molecular weight is 240 g/mol. The molecule has 4 heteroatoms. The molecule has 1 aromatic rings. The monoisotopic (exact) mass is 239 g/mol. The molecule has 88 valence electrons. The number of nitrogens with zero attached hydrogens (tertiary/aromatic N) is 3. The molecule has 0 aromatic carbocycles. The zero-order valence-corrected chi connectivity index (χ0v) is 10.8. The summed E-state index contributed by atoms with van der Waals surface area (Å²) in [4.78, 5) is 11.0. The first kappa shape index (κ1) is 11.6. The maximum Gasteiger partial charge on any atom is 0.226 e. The Labute approximate surface area is 102 Å². The van der Waals surface area contributed by atoms with Crippen LogP contribution in [0.5, 0.6) is 0 Å². The van der Waals surface area contributed by atoms with E-state index >= 15 is 0 Å². The molecule has 1 aliphatic heterocycles. The van der Waals surface area contributed by atoms with Gasteiger partial charge in [0, 0.05) is 18.8 Å². The van der Waals surface area contributed by atoms with Crippen LogP contribution < -0.4 is 4.90 Å².